The molecule has 3 heterocycles. The number of carbonyl (C=O) groups excluding carboxylic acids is 1. The number of likely N-dealkylation sites (N-methyl/N-ethyl adjacent to an activating group) is 1. The Hall–Kier alpha value is -3.01. The summed E-state index contributed by atoms with van der Waals surface area (Å²) in [6.45, 7) is 2.55. The van der Waals surface area contributed by atoms with Crippen molar-refractivity contribution in [2.24, 2.45) is 0 Å². The molecule has 2 aromatic heterocycles. The van der Waals surface area contributed by atoms with Crippen LogP contribution >= 0.6 is 0 Å². The quantitative estimate of drug-likeness (QED) is 0.655. The number of piperazine rings is 1. The van der Waals surface area contributed by atoms with Gasteiger partial charge in [-0.15, -0.1) is 0 Å². The van der Waals surface area contributed by atoms with Crippen LogP contribution in [0, 0.1) is 5.82 Å². The fraction of sp³-hybridized carbons (Fsp3) is 0.316. The van der Waals surface area contributed by atoms with Crippen molar-refractivity contribution in [3.63, 3.8) is 0 Å². The zero-order chi connectivity index (χ0) is 20.8. The third-order valence-electron chi connectivity index (χ3n) is 4.98. The van der Waals surface area contributed by atoms with Gasteiger partial charge in [-0.3, -0.25) is 4.79 Å². The van der Waals surface area contributed by atoms with Gasteiger partial charge in [-0.25, -0.2) is 13.9 Å². The molecule has 0 unspecified atom stereocenters. The number of nitrogens with one attached hydrogen (secondary N) is 1. The van der Waals surface area contributed by atoms with Gasteiger partial charge in [-0.2, -0.15) is 18.3 Å². The number of benzene rings is 1. The van der Waals surface area contributed by atoms with Crippen molar-refractivity contribution in [1.82, 2.24) is 19.5 Å². The van der Waals surface area contributed by atoms with Crippen molar-refractivity contribution < 1.29 is 27.3 Å². The van der Waals surface area contributed by atoms with Crippen molar-refractivity contribution in [2.75, 3.05) is 33.2 Å². The summed E-state index contributed by atoms with van der Waals surface area (Å²) in [6.07, 6.45) is -4.71. The van der Waals surface area contributed by atoms with Gasteiger partial charge in [0.05, 0.1) is 38.9 Å². The van der Waals surface area contributed by atoms with Crippen LogP contribution in [-0.4, -0.2) is 58.6 Å². The van der Waals surface area contributed by atoms with E-state index in [1.54, 1.807) is 4.90 Å². The zero-order valence-electron chi connectivity index (χ0n) is 15.5. The van der Waals surface area contributed by atoms with Crippen LogP contribution in [0.1, 0.15) is 16.2 Å². The number of carbonyl (C=O) groups is 1. The van der Waals surface area contributed by atoms with Crippen molar-refractivity contribution in [2.45, 2.75) is 6.18 Å². The Kier molecular flexibility index (Phi) is 4.73. The molecule has 1 N–H and O–H groups in total. The highest BCUT2D eigenvalue weighted by molar-refractivity contribution is 5.93. The number of aromatic nitrogens is 3. The van der Waals surface area contributed by atoms with E-state index in [0.717, 1.165) is 31.3 Å². The van der Waals surface area contributed by atoms with E-state index >= 15 is 0 Å². The summed E-state index contributed by atoms with van der Waals surface area (Å²) in [6, 6.07) is 7.10. The fourth-order valence-electron chi connectivity index (χ4n) is 3.30. The van der Waals surface area contributed by atoms with Gasteiger partial charge in [0.2, 0.25) is 0 Å². The average molecular weight is 408 g/mol. The molecule has 4 rings (SSSR count). The molecule has 10 heteroatoms. The van der Waals surface area contributed by atoms with Crippen LogP contribution in [0.5, 0.6) is 0 Å². The van der Waals surface area contributed by atoms with Crippen LogP contribution in [0.25, 0.3) is 16.9 Å². The molecular weight excluding hydrogens is 390 g/mol. The SMILES string of the molecule is C[NH+]1CCN(C(=O)c2cc3nc(-c4ccc(F)cc4)cc(C(F)(F)F)n3n2)CC1. The Morgan fingerprint density at radius 2 is 1.76 bits per heavy atom. The molecule has 0 saturated carbocycles. The summed E-state index contributed by atoms with van der Waals surface area (Å²) in [5.41, 5.74) is -0.882. The number of hydrogen-bond acceptors (Lipinski definition) is 3. The molecule has 152 valence electrons. The lowest BCUT2D eigenvalue weighted by Crippen LogP contribution is -3.12. The Bertz CT molecular complexity index is 1050. The van der Waals surface area contributed by atoms with E-state index in [0.29, 0.717) is 23.2 Å². The summed E-state index contributed by atoms with van der Waals surface area (Å²) in [5, 5.41) is 3.90. The summed E-state index contributed by atoms with van der Waals surface area (Å²) in [4.78, 5) is 19.8. The molecule has 0 atom stereocenters. The molecule has 1 saturated heterocycles. The Balaban J connectivity index is 1.78. The van der Waals surface area contributed by atoms with Crippen LogP contribution in [0.15, 0.2) is 36.4 Å². The molecule has 29 heavy (non-hydrogen) atoms. The van der Waals surface area contributed by atoms with Crippen LogP contribution in [-0.2, 0) is 6.18 Å². The summed E-state index contributed by atoms with van der Waals surface area (Å²) >= 11 is 0. The van der Waals surface area contributed by atoms with Crippen molar-refractivity contribution in [3.8, 4) is 11.3 Å². The molecule has 1 aromatic carbocycles. The van der Waals surface area contributed by atoms with Gasteiger partial charge in [-0.05, 0) is 30.3 Å². The maximum Gasteiger partial charge on any atom is 0.433 e. The Morgan fingerprint density at radius 1 is 1.10 bits per heavy atom. The largest absolute Gasteiger partial charge is 0.433 e. The summed E-state index contributed by atoms with van der Waals surface area (Å²) in [5.74, 6) is -0.920. The van der Waals surface area contributed by atoms with Crippen LogP contribution in [0.3, 0.4) is 0 Å². The standard InChI is InChI=1S/C19H17F4N5O/c1-26-6-8-27(9-7-26)18(29)15-11-17-24-14(12-2-4-13(20)5-3-12)10-16(19(21,22)23)28(17)25-15/h2-5,10-11H,6-9H2,1H3/p+1. The Morgan fingerprint density at radius 3 is 2.38 bits per heavy atom. The number of amides is 1. The molecule has 1 amide bonds. The highest BCUT2D eigenvalue weighted by atomic mass is 19.4. The fourth-order valence-corrected chi connectivity index (χ4v) is 3.30. The van der Waals surface area contributed by atoms with Gasteiger partial charge in [0.25, 0.3) is 5.91 Å². The average Bonchev–Trinajstić information content (AvgIpc) is 3.11. The highest BCUT2D eigenvalue weighted by Crippen LogP contribution is 2.32. The van der Waals surface area contributed by atoms with Crippen molar-refractivity contribution >= 4 is 11.6 Å². The lowest BCUT2D eigenvalue weighted by Gasteiger charge is -2.29. The molecule has 0 spiro atoms. The van der Waals surface area contributed by atoms with Gasteiger partial charge in [0, 0.05) is 11.6 Å². The Labute approximate surface area is 163 Å². The number of halogens is 4. The zero-order valence-corrected chi connectivity index (χ0v) is 15.5. The first-order chi connectivity index (χ1) is 13.7. The lowest BCUT2D eigenvalue weighted by atomic mass is 10.1. The number of fused-ring (bicyclic) bond motifs is 1. The maximum atomic E-state index is 13.6. The second-order valence-corrected chi connectivity index (χ2v) is 7.08. The van der Waals surface area contributed by atoms with Gasteiger partial charge >= 0.3 is 6.18 Å². The van der Waals surface area contributed by atoms with Crippen molar-refractivity contribution in [3.05, 3.63) is 53.6 Å². The normalized spacial score (nSPS) is 15.8. The molecule has 1 fully saturated rings. The first kappa shape index (κ1) is 19.3. The predicted octanol–water partition coefficient (Wildman–Crippen LogP) is 1.52. The van der Waals surface area contributed by atoms with Gasteiger partial charge in [0.1, 0.15) is 5.82 Å². The van der Waals surface area contributed by atoms with E-state index in [9.17, 15) is 22.4 Å². The smallest absolute Gasteiger partial charge is 0.334 e. The van der Waals surface area contributed by atoms with Gasteiger partial charge < -0.3 is 9.80 Å². The minimum Gasteiger partial charge on any atom is -0.334 e. The molecule has 3 aromatic rings. The highest BCUT2D eigenvalue weighted by Gasteiger charge is 2.36. The number of hydrogen-bond donors (Lipinski definition) is 1. The molecule has 0 radical (unpaired) electrons. The third kappa shape index (κ3) is 3.80. The summed E-state index contributed by atoms with van der Waals surface area (Å²) < 4.78 is 54.7. The topological polar surface area (TPSA) is 54.9 Å². The number of alkyl halides is 3. The molecule has 6 nitrogen and oxygen atoms in total. The van der Waals surface area contributed by atoms with Crippen LogP contribution in [0.4, 0.5) is 17.6 Å². The van der Waals surface area contributed by atoms with Crippen LogP contribution < -0.4 is 4.90 Å². The monoisotopic (exact) mass is 408 g/mol. The van der Waals surface area contributed by atoms with E-state index in [-0.39, 0.29) is 17.0 Å². The summed E-state index contributed by atoms with van der Waals surface area (Å²) in [7, 11) is 2.02. The van der Waals surface area contributed by atoms with Crippen molar-refractivity contribution in [1.29, 1.82) is 0 Å². The first-order valence-electron chi connectivity index (χ1n) is 9.07. The predicted molar refractivity (Wildman–Crippen MR) is 95.9 cm³/mol. The second-order valence-electron chi connectivity index (χ2n) is 7.08. The number of rotatable bonds is 2. The maximum absolute atomic E-state index is 13.6. The minimum atomic E-state index is -4.71. The van der Waals surface area contributed by atoms with Gasteiger partial charge in [-0.1, -0.05) is 0 Å². The van der Waals surface area contributed by atoms with E-state index in [2.05, 4.69) is 10.1 Å². The minimum absolute atomic E-state index is 0.0203. The molecular formula is C19H18F4N5O+. The van der Waals surface area contributed by atoms with E-state index < -0.39 is 23.6 Å². The molecule has 1 aliphatic heterocycles. The number of nitrogens with zero attached hydrogens (tertiary/aromatic N) is 4. The van der Waals surface area contributed by atoms with E-state index in [1.165, 1.54) is 23.1 Å². The molecule has 1 aliphatic rings. The lowest BCUT2D eigenvalue weighted by molar-refractivity contribution is -0.883. The first-order valence-corrected chi connectivity index (χ1v) is 9.07. The van der Waals surface area contributed by atoms with Gasteiger partial charge in [0.15, 0.2) is 17.0 Å². The third-order valence-corrected chi connectivity index (χ3v) is 4.98. The van der Waals surface area contributed by atoms with E-state index in [4.69, 9.17) is 0 Å². The molecule has 0 aliphatic carbocycles. The second kappa shape index (κ2) is 7.11. The van der Waals surface area contributed by atoms with Crippen LogP contribution in [0.2, 0.25) is 0 Å². The number of quaternary nitrogens is 1. The van der Waals surface area contributed by atoms with E-state index in [1.807, 2.05) is 7.05 Å². The molecule has 0 bridgehead atoms.